The van der Waals surface area contributed by atoms with E-state index >= 15 is 0 Å². The van der Waals surface area contributed by atoms with Crippen LogP contribution in [0.2, 0.25) is 0 Å². The maximum Gasteiger partial charge on any atom is 0.408 e. The molecule has 192 valence electrons. The molecule has 0 radical (unpaired) electrons. The lowest BCUT2D eigenvalue weighted by atomic mass is 9.92. The van der Waals surface area contributed by atoms with Crippen LogP contribution in [0.1, 0.15) is 75.6 Å². The van der Waals surface area contributed by atoms with Crippen LogP contribution in [0.25, 0.3) is 0 Å². The summed E-state index contributed by atoms with van der Waals surface area (Å²) in [4.78, 5) is 40.9. The van der Waals surface area contributed by atoms with Gasteiger partial charge in [0.1, 0.15) is 24.2 Å². The number of benzene rings is 1. The molecular formula is C26H38N4O4S. The number of nitriles is 1. The number of thiol groups is 1. The highest BCUT2D eigenvalue weighted by Crippen LogP contribution is 2.28. The van der Waals surface area contributed by atoms with Crippen LogP contribution in [0.4, 0.5) is 4.79 Å². The van der Waals surface area contributed by atoms with Gasteiger partial charge in [-0.15, -0.1) is 0 Å². The summed E-state index contributed by atoms with van der Waals surface area (Å²) in [6, 6.07) is 5.54. The molecule has 0 spiro atoms. The van der Waals surface area contributed by atoms with Crippen LogP contribution in [0.15, 0.2) is 18.2 Å². The molecule has 2 N–H and O–H groups in total. The van der Waals surface area contributed by atoms with Crippen LogP contribution in [0.3, 0.4) is 0 Å². The predicted molar refractivity (Wildman–Crippen MR) is 138 cm³/mol. The molecule has 1 aromatic carbocycles. The van der Waals surface area contributed by atoms with E-state index in [1.165, 1.54) is 4.90 Å². The van der Waals surface area contributed by atoms with Crippen molar-refractivity contribution in [2.45, 2.75) is 90.4 Å². The van der Waals surface area contributed by atoms with Gasteiger partial charge in [-0.25, -0.2) is 4.79 Å². The molecule has 35 heavy (non-hydrogen) atoms. The molecule has 2 rings (SSSR count). The maximum atomic E-state index is 13.7. The van der Waals surface area contributed by atoms with Crippen LogP contribution in [0.5, 0.6) is 0 Å². The van der Waals surface area contributed by atoms with E-state index in [-0.39, 0.29) is 24.2 Å². The van der Waals surface area contributed by atoms with Crippen molar-refractivity contribution in [1.29, 1.82) is 5.26 Å². The second-order valence-corrected chi connectivity index (χ2v) is 10.4. The first kappa shape index (κ1) is 28.5. The molecule has 8 nitrogen and oxygen atoms in total. The Morgan fingerprint density at radius 3 is 2.43 bits per heavy atom. The summed E-state index contributed by atoms with van der Waals surface area (Å²) in [7, 11) is 0. The molecule has 3 amide bonds. The number of alkyl carbamates (subject to hydrolysis) is 1. The van der Waals surface area contributed by atoms with Gasteiger partial charge < -0.3 is 20.3 Å². The lowest BCUT2D eigenvalue weighted by Gasteiger charge is -2.34. The van der Waals surface area contributed by atoms with E-state index in [1.807, 2.05) is 38.1 Å². The van der Waals surface area contributed by atoms with Crippen molar-refractivity contribution in [2.24, 2.45) is 0 Å². The van der Waals surface area contributed by atoms with Crippen LogP contribution in [-0.4, -0.2) is 52.8 Å². The smallest absolute Gasteiger partial charge is 0.408 e. The second kappa shape index (κ2) is 12.8. The van der Waals surface area contributed by atoms with Crippen molar-refractivity contribution in [3.05, 3.63) is 34.9 Å². The number of rotatable bonds is 8. The average Bonchev–Trinajstić information content (AvgIpc) is 2.79. The molecular weight excluding hydrogens is 464 g/mol. The monoisotopic (exact) mass is 502 g/mol. The Morgan fingerprint density at radius 1 is 1.20 bits per heavy atom. The highest BCUT2D eigenvalue weighted by molar-refractivity contribution is 7.80. The summed E-state index contributed by atoms with van der Waals surface area (Å²) in [5.74, 6) is -0.925. The SMILES string of the molecule is Cc1cccc(C(C(=O)NC2CCCCC2)N(CC#N)C(=O)C(CS)NC(=O)OC(C)(C)C)c1C. The first-order chi connectivity index (χ1) is 16.5. The average molecular weight is 503 g/mol. The van der Waals surface area contributed by atoms with Gasteiger partial charge in [0.25, 0.3) is 0 Å². The van der Waals surface area contributed by atoms with E-state index in [1.54, 1.807) is 20.8 Å². The molecule has 2 atom stereocenters. The fourth-order valence-corrected chi connectivity index (χ4v) is 4.50. The fourth-order valence-electron chi connectivity index (χ4n) is 4.26. The largest absolute Gasteiger partial charge is 0.444 e. The van der Waals surface area contributed by atoms with Crippen molar-refractivity contribution in [3.63, 3.8) is 0 Å². The lowest BCUT2D eigenvalue weighted by molar-refractivity contribution is -0.141. The number of carbonyl (C=O) groups excluding carboxylic acids is 3. The van der Waals surface area contributed by atoms with Gasteiger partial charge in [0, 0.05) is 11.8 Å². The van der Waals surface area contributed by atoms with Gasteiger partial charge in [0.05, 0.1) is 6.07 Å². The van der Waals surface area contributed by atoms with Gasteiger partial charge in [0.15, 0.2) is 0 Å². The molecule has 0 heterocycles. The van der Waals surface area contributed by atoms with Crippen LogP contribution in [-0.2, 0) is 14.3 Å². The molecule has 0 aliphatic heterocycles. The Kier molecular flexibility index (Phi) is 10.4. The quantitative estimate of drug-likeness (QED) is 0.368. The Labute approximate surface area is 214 Å². The van der Waals surface area contributed by atoms with Gasteiger partial charge in [-0.2, -0.15) is 17.9 Å². The number of ether oxygens (including phenoxy) is 1. The summed E-state index contributed by atoms with van der Waals surface area (Å²) < 4.78 is 5.29. The van der Waals surface area contributed by atoms with Crippen LogP contribution < -0.4 is 10.6 Å². The molecule has 1 aliphatic rings. The van der Waals surface area contributed by atoms with E-state index in [9.17, 15) is 19.6 Å². The number of hydrogen-bond donors (Lipinski definition) is 3. The molecule has 0 aromatic heterocycles. The third-order valence-corrected chi connectivity index (χ3v) is 6.51. The normalized spacial score (nSPS) is 15.9. The topological polar surface area (TPSA) is 112 Å². The highest BCUT2D eigenvalue weighted by Gasteiger charge is 2.37. The third kappa shape index (κ3) is 8.17. The van der Waals surface area contributed by atoms with Crippen molar-refractivity contribution < 1.29 is 19.1 Å². The number of hydrogen-bond acceptors (Lipinski definition) is 6. The van der Waals surface area contributed by atoms with E-state index in [4.69, 9.17) is 4.74 Å². The summed E-state index contributed by atoms with van der Waals surface area (Å²) in [6.45, 7) is 8.67. The fraction of sp³-hybridized carbons (Fsp3) is 0.615. The maximum absolute atomic E-state index is 13.7. The lowest BCUT2D eigenvalue weighted by Crippen LogP contribution is -2.54. The standard InChI is InChI=1S/C26H38N4O4S/c1-17-10-9-13-20(18(17)2)22(23(31)28-19-11-7-6-8-12-19)30(15-14-27)24(32)21(16-35)29-25(33)34-26(3,4)5/h9-10,13,19,21-22,35H,6-8,11-12,15-16H2,1-5H3,(H,28,31)(H,29,33). The Hall–Kier alpha value is -2.73. The summed E-state index contributed by atoms with van der Waals surface area (Å²) in [6.07, 6.45) is 4.24. The molecule has 2 unspecified atom stereocenters. The van der Waals surface area contributed by atoms with E-state index in [0.717, 1.165) is 43.2 Å². The minimum atomic E-state index is -1.07. The minimum Gasteiger partial charge on any atom is -0.444 e. The first-order valence-corrected chi connectivity index (χ1v) is 12.8. The van der Waals surface area contributed by atoms with Gasteiger partial charge >= 0.3 is 6.09 Å². The van der Waals surface area contributed by atoms with Crippen molar-refractivity contribution in [3.8, 4) is 6.07 Å². The Morgan fingerprint density at radius 2 is 1.86 bits per heavy atom. The molecule has 0 bridgehead atoms. The van der Waals surface area contributed by atoms with E-state index in [2.05, 4.69) is 23.3 Å². The van der Waals surface area contributed by atoms with Crippen molar-refractivity contribution in [2.75, 3.05) is 12.3 Å². The summed E-state index contributed by atoms with van der Waals surface area (Å²) in [5.41, 5.74) is 1.74. The molecule has 0 saturated heterocycles. The van der Waals surface area contributed by atoms with E-state index in [0.29, 0.717) is 5.56 Å². The molecule has 1 fully saturated rings. The van der Waals surface area contributed by atoms with Gasteiger partial charge in [-0.1, -0.05) is 37.5 Å². The van der Waals surface area contributed by atoms with Crippen LogP contribution in [0, 0.1) is 25.2 Å². The Bertz CT molecular complexity index is 948. The molecule has 1 aliphatic carbocycles. The summed E-state index contributed by atoms with van der Waals surface area (Å²) >= 11 is 4.25. The van der Waals surface area contributed by atoms with Crippen LogP contribution >= 0.6 is 12.6 Å². The highest BCUT2D eigenvalue weighted by atomic mass is 32.1. The van der Waals surface area contributed by atoms with Crippen molar-refractivity contribution >= 4 is 30.5 Å². The predicted octanol–water partition coefficient (Wildman–Crippen LogP) is 3.97. The van der Waals surface area contributed by atoms with Gasteiger partial charge in [-0.3, -0.25) is 9.59 Å². The summed E-state index contributed by atoms with van der Waals surface area (Å²) in [5, 5.41) is 15.2. The molecule has 9 heteroatoms. The first-order valence-electron chi connectivity index (χ1n) is 12.1. The zero-order valence-electron chi connectivity index (χ0n) is 21.4. The number of nitrogens with zero attached hydrogens (tertiary/aromatic N) is 2. The number of aryl methyl sites for hydroxylation is 1. The minimum absolute atomic E-state index is 0.0240. The number of nitrogens with one attached hydrogen (secondary N) is 2. The third-order valence-electron chi connectivity index (χ3n) is 6.15. The zero-order valence-corrected chi connectivity index (χ0v) is 22.3. The van der Waals surface area contributed by atoms with Gasteiger partial charge in [-0.05, 0) is 64.2 Å². The van der Waals surface area contributed by atoms with E-state index < -0.39 is 29.7 Å². The molecule has 1 aromatic rings. The Balaban J connectivity index is 2.42. The zero-order chi connectivity index (χ0) is 26.2. The molecule has 1 saturated carbocycles. The van der Waals surface area contributed by atoms with Crippen molar-refractivity contribution in [1.82, 2.24) is 15.5 Å². The second-order valence-electron chi connectivity index (χ2n) is 10.0. The number of amides is 3. The van der Waals surface area contributed by atoms with Gasteiger partial charge in [0.2, 0.25) is 11.8 Å². The number of carbonyl (C=O) groups is 3.